The van der Waals surface area contributed by atoms with Crippen LogP contribution in [0.2, 0.25) is 0 Å². The fourth-order valence-electron chi connectivity index (χ4n) is 2.38. The van der Waals surface area contributed by atoms with E-state index in [1.807, 2.05) is 45.9 Å². The van der Waals surface area contributed by atoms with E-state index in [9.17, 15) is 10.1 Å². The molecule has 1 N–H and O–H groups in total. The number of benzene rings is 1. The first-order valence-electron chi connectivity index (χ1n) is 6.98. The van der Waals surface area contributed by atoms with Gasteiger partial charge in [0, 0.05) is 11.8 Å². The number of rotatable bonds is 3. The van der Waals surface area contributed by atoms with Gasteiger partial charge in [-0.05, 0) is 51.0 Å². The monoisotopic (exact) mass is 294 g/mol. The minimum atomic E-state index is -0.438. The number of furan rings is 1. The molecule has 2 rings (SSSR count). The summed E-state index contributed by atoms with van der Waals surface area (Å²) in [5, 5.41) is 12.0. The smallest absolute Gasteiger partial charge is 0.266 e. The topological polar surface area (TPSA) is 66.0 Å². The molecule has 0 aliphatic carbocycles. The zero-order chi connectivity index (χ0) is 16.3. The van der Waals surface area contributed by atoms with E-state index in [2.05, 4.69) is 5.32 Å². The molecule has 22 heavy (non-hydrogen) atoms. The number of amides is 1. The normalized spacial score (nSPS) is 11.1. The zero-order valence-corrected chi connectivity index (χ0v) is 13.2. The van der Waals surface area contributed by atoms with Gasteiger partial charge < -0.3 is 9.73 Å². The van der Waals surface area contributed by atoms with E-state index in [0.717, 1.165) is 28.1 Å². The first kappa shape index (κ1) is 15.6. The number of nitriles is 1. The highest BCUT2D eigenvalue weighted by Crippen LogP contribution is 2.22. The Kier molecular flexibility index (Phi) is 4.47. The van der Waals surface area contributed by atoms with Gasteiger partial charge in [-0.3, -0.25) is 4.79 Å². The first-order valence-corrected chi connectivity index (χ1v) is 6.98. The number of nitrogens with one attached hydrogen (secondary N) is 1. The summed E-state index contributed by atoms with van der Waals surface area (Å²) in [6, 6.07) is 9.42. The van der Waals surface area contributed by atoms with Crippen molar-refractivity contribution in [3.8, 4) is 6.07 Å². The number of aryl methyl sites for hydroxylation is 4. The van der Waals surface area contributed by atoms with Gasteiger partial charge in [-0.2, -0.15) is 5.26 Å². The predicted molar refractivity (Wildman–Crippen MR) is 86.3 cm³/mol. The van der Waals surface area contributed by atoms with Crippen molar-refractivity contribution >= 4 is 17.7 Å². The molecule has 0 aliphatic heterocycles. The summed E-state index contributed by atoms with van der Waals surface area (Å²) in [7, 11) is 0. The van der Waals surface area contributed by atoms with Gasteiger partial charge in [0.1, 0.15) is 23.2 Å². The van der Waals surface area contributed by atoms with Crippen LogP contribution in [0.3, 0.4) is 0 Å². The molecule has 1 aromatic heterocycles. The standard InChI is InChI=1S/C18H18N2O2/c1-11-7-12(2)17(13(3)8-11)20-18(21)15(10-19)9-16-6-5-14(4)22-16/h5-9H,1-4H3,(H,20,21). The van der Waals surface area contributed by atoms with Crippen molar-refractivity contribution in [3.63, 3.8) is 0 Å². The molecule has 0 fully saturated rings. The van der Waals surface area contributed by atoms with Crippen LogP contribution in [0.5, 0.6) is 0 Å². The molecule has 0 bridgehead atoms. The molecule has 0 spiro atoms. The van der Waals surface area contributed by atoms with Crippen molar-refractivity contribution in [3.05, 3.63) is 58.0 Å². The van der Waals surface area contributed by atoms with Gasteiger partial charge in [0.15, 0.2) is 0 Å². The van der Waals surface area contributed by atoms with E-state index in [0.29, 0.717) is 5.76 Å². The van der Waals surface area contributed by atoms with E-state index < -0.39 is 5.91 Å². The fourth-order valence-corrected chi connectivity index (χ4v) is 2.38. The summed E-state index contributed by atoms with van der Waals surface area (Å²) in [4.78, 5) is 12.3. The molecule has 0 unspecified atom stereocenters. The van der Waals surface area contributed by atoms with Crippen LogP contribution < -0.4 is 5.32 Å². The molecule has 4 heteroatoms. The lowest BCUT2D eigenvalue weighted by atomic mass is 10.0. The Morgan fingerprint density at radius 2 is 1.82 bits per heavy atom. The van der Waals surface area contributed by atoms with Crippen LogP contribution >= 0.6 is 0 Å². The molecule has 0 aliphatic rings. The van der Waals surface area contributed by atoms with Gasteiger partial charge in [0.25, 0.3) is 5.91 Å². The van der Waals surface area contributed by atoms with E-state index >= 15 is 0 Å². The molecule has 1 heterocycles. The summed E-state index contributed by atoms with van der Waals surface area (Å²) in [6.45, 7) is 7.68. The van der Waals surface area contributed by atoms with E-state index in [1.165, 1.54) is 6.08 Å². The second kappa shape index (κ2) is 6.31. The van der Waals surface area contributed by atoms with Gasteiger partial charge in [-0.1, -0.05) is 17.7 Å². The highest BCUT2D eigenvalue weighted by Gasteiger charge is 2.13. The molecule has 1 amide bonds. The van der Waals surface area contributed by atoms with Gasteiger partial charge in [-0.15, -0.1) is 0 Å². The zero-order valence-electron chi connectivity index (χ0n) is 13.2. The van der Waals surface area contributed by atoms with E-state index in [-0.39, 0.29) is 5.57 Å². The summed E-state index contributed by atoms with van der Waals surface area (Å²) in [6.07, 6.45) is 1.45. The summed E-state index contributed by atoms with van der Waals surface area (Å²) in [5.41, 5.74) is 3.82. The van der Waals surface area contributed by atoms with E-state index in [1.54, 1.807) is 12.1 Å². The van der Waals surface area contributed by atoms with Crippen molar-refractivity contribution in [1.82, 2.24) is 0 Å². The average Bonchev–Trinajstić information content (AvgIpc) is 2.85. The predicted octanol–water partition coefficient (Wildman–Crippen LogP) is 4.06. The maximum atomic E-state index is 12.3. The third-order valence-corrected chi connectivity index (χ3v) is 3.33. The highest BCUT2D eigenvalue weighted by molar-refractivity contribution is 6.10. The number of carbonyl (C=O) groups excluding carboxylic acids is 1. The van der Waals surface area contributed by atoms with Gasteiger partial charge in [-0.25, -0.2) is 0 Å². The lowest BCUT2D eigenvalue weighted by Gasteiger charge is -2.12. The Morgan fingerprint density at radius 1 is 1.18 bits per heavy atom. The minimum Gasteiger partial charge on any atom is -0.462 e. The molecule has 0 atom stereocenters. The largest absolute Gasteiger partial charge is 0.462 e. The van der Waals surface area contributed by atoms with Crippen LogP contribution in [0.4, 0.5) is 5.69 Å². The number of carbonyl (C=O) groups is 1. The van der Waals surface area contributed by atoms with Crippen LogP contribution in [-0.4, -0.2) is 5.91 Å². The highest BCUT2D eigenvalue weighted by atomic mass is 16.3. The van der Waals surface area contributed by atoms with Crippen molar-refractivity contribution in [2.24, 2.45) is 0 Å². The van der Waals surface area contributed by atoms with E-state index in [4.69, 9.17) is 4.42 Å². The van der Waals surface area contributed by atoms with Crippen LogP contribution in [0, 0.1) is 39.0 Å². The Bertz CT molecular complexity index is 769. The second-order valence-electron chi connectivity index (χ2n) is 5.35. The third kappa shape index (κ3) is 3.44. The van der Waals surface area contributed by atoms with Crippen LogP contribution in [0.25, 0.3) is 6.08 Å². The minimum absolute atomic E-state index is 0.00808. The molecule has 0 saturated carbocycles. The summed E-state index contributed by atoms with van der Waals surface area (Å²) < 4.78 is 5.37. The Hall–Kier alpha value is -2.80. The lowest BCUT2D eigenvalue weighted by molar-refractivity contribution is -0.112. The molecular weight excluding hydrogens is 276 g/mol. The molecular formula is C18H18N2O2. The fraction of sp³-hybridized carbons (Fsp3) is 0.222. The number of hydrogen-bond acceptors (Lipinski definition) is 3. The maximum Gasteiger partial charge on any atom is 0.266 e. The summed E-state index contributed by atoms with van der Waals surface area (Å²) >= 11 is 0. The lowest BCUT2D eigenvalue weighted by Crippen LogP contribution is -2.15. The number of nitrogens with zero attached hydrogens (tertiary/aromatic N) is 1. The van der Waals surface area contributed by atoms with Crippen LogP contribution in [0.15, 0.2) is 34.3 Å². The molecule has 112 valence electrons. The molecule has 2 aromatic rings. The Morgan fingerprint density at radius 3 is 2.32 bits per heavy atom. The first-order chi connectivity index (χ1) is 10.4. The van der Waals surface area contributed by atoms with Crippen molar-refractivity contribution in [2.45, 2.75) is 27.7 Å². The maximum absolute atomic E-state index is 12.3. The number of hydrogen-bond donors (Lipinski definition) is 1. The average molecular weight is 294 g/mol. The third-order valence-electron chi connectivity index (χ3n) is 3.33. The van der Waals surface area contributed by atoms with Crippen molar-refractivity contribution in [1.29, 1.82) is 5.26 Å². The Labute approximate surface area is 130 Å². The van der Waals surface area contributed by atoms with Crippen molar-refractivity contribution in [2.75, 3.05) is 5.32 Å². The second-order valence-corrected chi connectivity index (χ2v) is 5.35. The molecule has 0 saturated heterocycles. The van der Waals surface area contributed by atoms with Crippen LogP contribution in [0.1, 0.15) is 28.2 Å². The molecule has 4 nitrogen and oxygen atoms in total. The summed E-state index contributed by atoms with van der Waals surface area (Å²) in [5.74, 6) is 0.780. The molecule has 0 radical (unpaired) electrons. The van der Waals surface area contributed by atoms with Gasteiger partial charge in [0.05, 0.1) is 0 Å². The quantitative estimate of drug-likeness (QED) is 0.685. The SMILES string of the molecule is Cc1cc(C)c(NC(=O)C(C#N)=Cc2ccc(C)o2)c(C)c1. The van der Waals surface area contributed by atoms with Gasteiger partial charge in [0.2, 0.25) is 0 Å². The van der Waals surface area contributed by atoms with Gasteiger partial charge >= 0.3 is 0 Å². The molecule has 1 aromatic carbocycles. The van der Waals surface area contributed by atoms with Crippen LogP contribution in [-0.2, 0) is 4.79 Å². The van der Waals surface area contributed by atoms with Crippen molar-refractivity contribution < 1.29 is 9.21 Å². The Balaban J connectivity index is 2.28. The number of anilines is 1.